The Morgan fingerprint density at radius 3 is 1.72 bits per heavy atom. The summed E-state index contributed by atoms with van der Waals surface area (Å²) in [4.78, 5) is 13.9. The van der Waals surface area contributed by atoms with Gasteiger partial charge < -0.3 is 0 Å². The van der Waals surface area contributed by atoms with E-state index in [9.17, 15) is 4.79 Å². The second-order valence-electron chi connectivity index (χ2n) is 3.84. The van der Waals surface area contributed by atoms with Gasteiger partial charge in [0.1, 0.15) is 0 Å². The molecule has 0 aromatic heterocycles. The van der Waals surface area contributed by atoms with Gasteiger partial charge in [0.05, 0.1) is 0 Å². The molecular weight excluding hydrogens is 222 g/mol. The molecule has 1 amide bonds. The molecule has 0 aliphatic rings. The first-order chi connectivity index (χ1) is 8.83. The lowest BCUT2D eigenvalue weighted by Crippen LogP contribution is -2.23. The molecule has 0 saturated heterocycles. The van der Waals surface area contributed by atoms with Crippen LogP contribution >= 0.6 is 0 Å². The Balaban J connectivity index is 2.45. The van der Waals surface area contributed by atoms with E-state index in [0.717, 1.165) is 11.4 Å². The summed E-state index contributed by atoms with van der Waals surface area (Å²) >= 11 is 0. The number of carbonyl (C=O) groups excluding carboxylic acids is 1. The summed E-state index contributed by atoms with van der Waals surface area (Å²) in [7, 11) is 0. The number of amides is 1. The van der Waals surface area contributed by atoms with E-state index in [2.05, 4.69) is 0 Å². The first-order valence-corrected chi connectivity index (χ1v) is 5.90. The molecule has 0 heterocycles. The molecule has 0 fully saturated rings. The van der Waals surface area contributed by atoms with Gasteiger partial charge in [-0.15, -0.1) is 0 Å². The SMILES string of the molecule is C/C=C/C(=O)N(c1ccccc1)c1ccccc1. The van der Waals surface area contributed by atoms with Gasteiger partial charge in [-0.25, -0.2) is 0 Å². The van der Waals surface area contributed by atoms with Crippen molar-refractivity contribution in [3.63, 3.8) is 0 Å². The van der Waals surface area contributed by atoms with Crippen molar-refractivity contribution in [3.05, 3.63) is 72.8 Å². The van der Waals surface area contributed by atoms with Crippen molar-refractivity contribution >= 4 is 17.3 Å². The summed E-state index contributed by atoms with van der Waals surface area (Å²) in [5.74, 6) is -0.0464. The van der Waals surface area contributed by atoms with Crippen molar-refractivity contribution in [2.24, 2.45) is 0 Å². The Labute approximate surface area is 107 Å². The Morgan fingerprint density at radius 2 is 1.33 bits per heavy atom. The predicted molar refractivity (Wildman–Crippen MR) is 74.8 cm³/mol. The van der Waals surface area contributed by atoms with Gasteiger partial charge in [0.15, 0.2) is 0 Å². The fourth-order valence-corrected chi connectivity index (χ4v) is 1.77. The molecule has 2 heteroatoms. The number of hydrogen-bond donors (Lipinski definition) is 0. The van der Waals surface area contributed by atoms with Gasteiger partial charge in [0, 0.05) is 11.4 Å². The topological polar surface area (TPSA) is 20.3 Å². The number of anilines is 2. The highest BCUT2D eigenvalue weighted by atomic mass is 16.2. The molecule has 90 valence electrons. The molecule has 0 unspecified atom stereocenters. The first kappa shape index (κ1) is 12.1. The molecule has 0 atom stereocenters. The van der Waals surface area contributed by atoms with Crippen molar-refractivity contribution < 1.29 is 4.79 Å². The standard InChI is InChI=1S/C16H15NO/c1-2-9-16(18)17(14-10-5-3-6-11-14)15-12-7-4-8-13-15/h2-13H,1H3/b9-2+. The average molecular weight is 237 g/mol. The highest BCUT2D eigenvalue weighted by molar-refractivity contribution is 6.06. The van der Waals surface area contributed by atoms with Crippen molar-refractivity contribution in [3.8, 4) is 0 Å². The maximum absolute atomic E-state index is 12.2. The van der Waals surface area contributed by atoms with E-state index in [1.54, 1.807) is 17.1 Å². The van der Waals surface area contributed by atoms with Crippen LogP contribution in [0.2, 0.25) is 0 Å². The van der Waals surface area contributed by atoms with E-state index in [4.69, 9.17) is 0 Å². The molecule has 2 rings (SSSR count). The maximum atomic E-state index is 12.2. The molecule has 2 aromatic rings. The highest BCUT2D eigenvalue weighted by Gasteiger charge is 2.14. The minimum Gasteiger partial charge on any atom is -0.278 e. The molecule has 2 aromatic carbocycles. The van der Waals surface area contributed by atoms with Crippen LogP contribution in [-0.4, -0.2) is 5.91 Å². The molecule has 0 saturated carbocycles. The summed E-state index contributed by atoms with van der Waals surface area (Å²) < 4.78 is 0. The lowest BCUT2D eigenvalue weighted by atomic mass is 10.2. The molecule has 0 aliphatic carbocycles. The number of rotatable bonds is 3. The summed E-state index contributed by atoms with van der Waals surface area (Å²) in [6, 6.07) is 19.3. The molecule has 0 bridgehead atoms. The Kier molecular flexibility index (Phi) is 3.92. The van der Waals surface area contributed by atoms with Crippen molar-refractivity contribution in [2.75, 3.05) is 4.90 Å². The van der Waals surface area contributed by atoms with E-state index < -0.39 is 0 Å². The van der Waals surface area contributed by atoms with Gasteiger partial charge in [-0.3, -0.25) is 9.69 Å². The second kappa shape index (κ2) is 5.82. The number of para-hydroxylation sites is 2. The molecule has 0 aliphatic heterocycles. The largest absolute Gasteiger partial charge is 0.278 e. The maximum Gasteiger partial charge on any atom is 0.255 e. The number of carbonyl (C=O) groups is 1. The zero-order valence-corrected chi connectivity index (χ0v) is 10.3. The van der Waals surface area contributed by atoms with Gasteiger partial charge in [-0.1, -0.05) is 42.5 Å². The van der Waals surface area contributed by atoms with E-state index in [-0.39, 0.29) is 5.91 Å². The summed E-state index contributed by atoms with van der Waals surface area (Å²) in [6.45, 7) is 1.84. The Bertz CT molecular complexity index is 492. The minimum absolute atomic E-state index is 0.0464. The number of hydrogen-bond acceptors (Lipinski definition) is 1. The third kappa shape index (κ3) is 2.66. The fraction of sp³-hybridized carbons (Fsp3) is 0.0625. The van der Waals surface area contributed by atoms with Crippen LogP contribution in [0, 0.1) is 0 Å². The number of nitrogens with zero attached hydrogens (tertiary/aromatic N) is 1. The lowest BCUT2D eigenvalue weighted by molar-refractivity contribution is -0.113. The van der Waals surface area contributed by atoms with Crippen LogP contribution in [-0.2, 0) is 4.79 Å². The molecule has 0 radical (unpaired) electrons. The van der Waals surface area contributed by atoms with Crippen LogP contribution in [0.15, 0.2) is 72.8 Å². The van der Waals surface area contributed by atoms with Gasteiger partial charge in [0.25, 0.3) is 5.91 Å². The zero-order valence-electron chi connectivity index (χ0n) is 10.3. The molecular formula is C16H15NO. The van der Waals surface area contributed by atoms with E-state index in [1.807, 2.05) is 67.6 Å². The van der Waals surface area contributed by atoms with Crippen molar-refractivity contribution in [1.29, 1.82) is 0 Å². The summed E-state index contributed by atoms with van der Waals surface area (Å²) in [5, 5.41) is 0. The van der Waals surface area contributed by atoms with Crippen molar-refractivity contribution in [2.45, 2.75) is 6.92 Å². The predicted octanol–water partition coefficient (Wildman–Crippen LogP) is 3.93. The Morgan fingerprint density at radius 1 is 0.889 bits per heavy atom. The monoisotopic (exact) mass is 237 g/mol. The van der Waals surface area contributed by atoms with Crippen LogP contribution in [0.1, 0.15) is 6.92 Å². The Hall–Kier alpha value is -2.35. The van der Waals surface area contributed by atoms with E-state index >= 15 is 0 Å². The van der Waals surface area contributed by atoms with Crippen LogP contribution in [0.4, 0.5) is 11.4 Å². The third-order valence-electron chi connectivity index (χ3n) is 2.56. The van der Waals surface area contributed by atoms with Gasteiger partial charge in [-0.2, -0.15) is 0 Å². The van der Waals surface area contributed by atoms with Crippen molar-refractivity contribution in [1.82, 2.24) is 0 Å². The van der Waals surface area contributed by atoms with Gasteiger partial charge in [-0.05, 0) is 37.3 Å². The smallest absolute Gasteiger partial charge is 0.255 e. The van der Waals surface area contributed by atoms with Crippen LogP contribution < -0.4 is 4.90 Å². The van der Waals surface area contributed by atoms with Gasteiger partial charge in [0.2, 0.25) is 0 Å². The zero-order chi connectivity index (χ0) is 12.8. The molecule has 0 spiro atoms. The van der Waals surface area contributed by atoms with Gasteiger partial charge >= 0.3 is 0 Å². The third-order valence-corrected chi connectivity index (χ3v) is 2.56. The van der Waals surface area contributed by atoms with Crippen LogP contribution in [0.3, 0.4) is 0 Å². The average Bonchev–Trinajstić information content (AvgIpc) is 2.42. The minimum atomic E-state index is -0.0464. The van der Waals surface area contributed by atoms with E-state index in [0.29, 0.717) is 0 Å². The van der Waals surface area contributed by atoms with Crippen LogP contribution in [0.5, 0.6) is 0 Å². The molecule has 18 heavy (non-hydrogen) atoms. The number of allylic oxidation sites excluding steroid dienone is 1. The lowest BCUT2D eigenvalue weighted by Gasteiger charge is -2.21. The summed E-state index contributed by atoms with van der Waals surface area (Å²) in [6.07, 6.45) is 3.32. The molecule has 0 N–H and O–H groups in total. The quantitative estimate of drug-likeness (QED) is 0.741. The van der Waals surface area contributed by atoms with Crippen LogP contribution in [0.25, 0.3) is 0 Å². The summed E-state index contributed by atoms with van der Waals surface area (Å²) in [5.41, 5.74) is 1.73. The number of benzene rings is 2. The first-order valence-electron chi connectivity index (χ1n) is 5.90. The molecule has 2 nitrogen and oxygen atoms in total. The fourth-order valence-electron chi connectivity index (χ4n) is 1.77. The normalized spacial score (nSPS) is 10.5. The second-order valence-corrected chi connectivity index (χ2v) is 3.84. The highest BCUT2D eigenvalue weighted by Crippen LogP contribution is 2.25. The van der Waals surface area contributed by atoms with E-state index in [1.165, 1.54) is 0 Å².